The molecule has 10 heavy (non-hydrogen) atoms. The lowest BCUT2D eigenvalue weighted by atomic mass is 10.3. The molecule has 0 spiro atoms. The van der Waals surface area contributed by atoms with Gasteiger partial charge in [0.25, 0.3) is 0 Å². The Balaban J connectivity index is 2.70. The van der Waals surface area contributed by atoms with Crippen molar-refractivity contribution in [3.05, 3.63) is 24.3 Å². The van der Waals surface area contributed by atoms with Crippen molar-refractivity contribution in [2.75, 3.05) is 18.5 Å². The van der Waals surface area contributed by atoms with Crippen LogP contribution in [0.4, 0.5) is 5.69 Å². The van der Waals surface area contributed by atoms with Crippen LogP contribution in [0.1, 0.15) is 4.11 Å². The summed E-state index contributed by atoms with van der Waals surface area (Å²) in [5, 5.41) is 2.42. The molecular formula is C8H11NS. The number of rotatable bonds is 2. The number of nitrogens with one attached hydrogen (secondary N) is 1. The van der Waals surface area contributed by atoms with Gasteiger partial charge in [0.15, 0.2) is 0 Å². The Morgan fingerprint density at radius 1 is 1.40 bits per heavy atom. The lowest BCUT2D eigenvalue weighted by Gasteiger charge is -1.99. The molecule has 1 aromatic carbocycles. The van der Waals surface area contributed by atoms with E-state index < -0.39 is 6.98 Å². The number of hydrogen-bond donors (Lipinski definition) is 1. The molecule has 0 aliphatic rings. The molecular weight excluding hydrogens is 142 g/mol. The van der Waals surface area contributed by atoms with E-state index in [2.05, 4.69) is 5.32 Å². The average molecular weight is 156 g/mol. The summed E-state index contributed by atoms with van der Waals surface area (Å²) in [5.41, 5.74) is 0.623. The Morgan fingerprint density at radius 2 is 2.10 bits per heavy atom. The van der Waals surface area contributed by atoms with Gasteiger partial charge in [0.05, 0.1) is 0 Å². The zero-order valence-electron chi connectivity index (χ0n) is 8.72. The van der Waals surface area contributed by atoms with Gasteiger partial charge in [0.1, 0.15) is 0 Å². The van der Waals surface area contributed by atoms with Gasteiger partial charge in [-0.3, -0.25) is 0 Å². The van der Waals surface area contributed by atoms with Gasteiger partial charge in [0, 0.05) is 21.7 Å². The van der Waals surface area contributed by atoms with Crippen LogP contribution in [0.15, 0.2) is 29.2 Å². The van der Waals surface area contributed by atoms with Gasteiger partial charge in [-0.1, -0.05) is 0 Å². The summed E-state index contributed by atoms with van der Waals surface area (Å²) < 4.78 is 21.0. The minimum absolute atomic E-state index is 0.623. The second kappa shape index (κ2) is 3.52. The minimum atomic E-state index is -2.11. The molecule has 0 unspecified atom stereocenters. The van der Waals surface area contributed by atoms with Gasteiger partial charge in [-0.25, -0.2) is 0 Å². The van der Waals surface area contributed by atoms with Crippen LogP contribution in [-0.2, 0) is 0 Å². The van der Waals surface area contributed by atoms with Crippen molar-refractivity contribution in [2.45, 2.75) is 4.90 Å². The lowest BCUT2D eigenvalue weighted by Crippen LogP contribution is -1.85. The van der Waals surface area contributed by atoms with Crippen molar-refractivity contribution in [1.29, 1.82) is 0 Å². The van der Waals surface area contributed by atoms with Crippen molar-refractivity contribution in [3.8, 4) is 0 Å². The first-order chi connectivity index (χ1) is 6.01. The zero-order chi connectivity index (χ0) is 9.90. The van der Waals surface area contributed by atoms with E-state index in [1.165, 1.54) is 0 Å². The highest BCUT2D eigenvalue weighted by atomic mass is 32.2. The first kappa shape index (κ1) is 4.29. The Bertz CT molecular complexity index is 268. The molecule has 0 amide bonds. The third kappa shape index (κ3) is 1.67. The van der Waals surface area contributed by atoms with Crippen LogP contribution in [0, 0.1) is 0 Å². The SMILES string of the molecule is [2H]C([2H])([2H])Nc1ccc(SC)cc1. The van der Waals surface area contributed by atoms with Crippen molar-refractivity contribution in [1.82, 2.24) is 0 Å². The van der Waals surface area contributed by atoms with E-state index in [0.717, 1.165) is 4.90 Å². The normalized spacial score (nSPS) is 15.1. The molecule has 1 rings (SSSR count). The summed E-state index contributed by atoms with van der Waals surface area (Å²) in [7, 11) is 0. The molecule has 1 nitrogen and oxygen atoms in total. The fourth-order valence-corrected chi connectivity index (χ4v) is 1.08. The number of hydrogen-bond acceptors (Lipinski definition) is 2. The minimum Gasteiger partial charge on any atom is -0.388 e. The number of benzene rings is 1. The summed E-state index contributed by atoms with van der Waals surface area (Å²) in [6, 6.07) is 7.30. The van der Waals surface area contributed by atoms with Crippen LogP contribution in [0.2, 0.25) is 0 Å². The third-order valence-corrected chi connectivity index (χ3v) is 1.98. The van der Waals surface area contributed by atoms with Crippen molar-refractivity contribution in [2.24, 2.45) is 0 Å². The number of anilines is 1. The molecule has 0 aliphatic heterocycles. The second-order valence-electron chi connectivity index (χ2n) is 1.85. The molecule has 0 atom stereocenters. The summed E-state index contributed by atoms with van der Waals surface area (Å²) in [6.07, 6.45) is 1.98. The third-order valence-electron chi connectivity index (χ3n) is 1.23. The van der Waals surface area contributed by atoms with Gasteiger partial charge < -0.3 is 5.32 Å². The van der Waals surface area contributed by atoms with E-state index in [1.54, 1.807) is 23.9 Å². The van der Waals surface area contributed by atoms with Gasteiger partial charge in [-0.2, -0.15) is 0 Å². The van der Waals surface area contributed by atoms with E-state index in [-0.39, 0.29) is 0 Å². The molecule has 0 heterocycles. The van der Waals surface area contributed by atoms with Crippen LogP contribution in [0.25, 0.3) is 0 Å². The average Bonchev–Trinajstić information content (AvgIpc) is 2.03. The molecule has 1 aromatic rings. The molecule has 0 saturated carbocycles. The van der Waals surface area contributed by atoms with E-state index in [1.807, 2.05) is 18.4 Å². The van der Waals surface area contributed by atoms with Crippen LogP contribution in [0.3, 0.4) is 0 Å². The Labute approximate surface area is 70.0 Å². The van der Waals surface area contributed by atoms with Crippen LogP contribution in [0.5, 0.6) is 0 Å². The fourth-order valence-electron chi connectivity index (χ4n) is 0.674. The predicted octanol–water partition coefficient (Wildman–Crippen LogP) is 2.45. The maximum Gasteiger partial charge on any atom is 0.0453 e. The molecule has 0 aromatic heterocycles. The molecule has 54 valence electrons. The zero-order valence-corrected chi connectivity index (χ0v) is 6.53. The summed E-state index contributed by atoms with van der Waals surface area (Å²) >= 11 is 1.63. The fraction of sp³-hybridized carbons (Fsp3) is 0.250. The molecule has 0 bridgehead atoms. The molecule has 2 heteroatoms. The first-order valence-electron chi connectivity index (χ1n) is 4.43. The van der Waals surface area contributed by atoms with Gasteiger partial charge in [0.2, 0.25) is 0 Å². The monoisotopic (exact) mass is 156 g/mol. The topological polar surface area (TPSA) is 12.0 Å². The Hall–Kier alpha value is -0.630. The Kier molecular flexibility index (Phi) is 1.51. The highest BCUT2D eigenvalue weighted by Crippen LogP contribution is 2.16. The van der Waals surface area contributed by atoms with E-state index in [9.17, 15) is 0 Å². The number of thioether (sulfide) groups is 1. The Morgan fingerprint density at radius 3 is 2.60 bits per heavy atom. The predicted molar refractivity (Wildman–Crippen MR) is 47.8 cm³/mol. The van der Waals surface area contributed by atoms with E-state index >= 15 is 0 Å². The van der Waals surface area contributed by atoms with Gasteiger partial charge in [-0.15, -0.1) is 11.8 Å². The maximum atomic E-state index is 6.98. The molecule has 0 saturated heterocycles. The van der Waals surface area contributed by atoms with Crippen molar-refractivity contribution in [3.63, 3.8) is 0 Å². The first-order valence-corrected chi connectivity index (χ1v) is 4.16. The van der Waals surface area contributed by atoms with Crippen LogP contribution < -0.4 is 5.32 Å². The quantitative estimate of drug-likeness (QED) is 0.660. The maximum absolute atomic E-state index is 6.98. The molecule has 1 N–H and O–H groups in total. The van der Waals surface area contributed by atoms with E-state index in [0.29, 0.717) is 5.69 Å². The largest absolute Gasteiger partial charge is 0.388 e. The summed E-state index contributed by atoms with van der Waals surface area (Å²) in [5.74, 6) is 0. The molecule has 0 radical (unpaired) electrons. The molecule has 0 fully saturated rings. The second-order valence-corrected chi connectivity index (χ2v) is 2.73. The van der Waals surface area contributed by atoms with Crippen molar-refractivity contribution < 1.29 is 4.11 Å². The van der Waals surface area contributed by atoms with Gasteiger partial charge in [-0.05, 0) is 30.5 Å². The summed E-state index contributed by atoms with van der Waals surface area (Å²) in [6.45, 7) is -2.11. The summed E-state index contributed by atoms with van der Waals surface area (Å²) in [4.78, 5) is 1.12. The van der Waals surface area contributed by atoms with Crippen LogP contribution >= 0.6 is 11.8 Å². The van der Waals surface area contributed by atoms with E-state index in [4.69, 9.17) is 4.11 Å². The highest BCUT2D eigenvalue weighted by molar-refractivity contribution is 7.98. The molecule has 0 aliphatic carbocycles. The van der Waals surface area contributed by atoms with Crippen molar-refractivity contribution >= 4 is 17.4 Å². The highest BCUT2D eigenvalue weighted by Gasteiger charge is 1.88. The smallest absolute Gasteiger partial charge is 0.0453 e. The standard InChI is InChI=1S/C8H11NS/c1-9-7-3-5-8(10-2)6-4-7/h3-6,9H,1-2H3/i1D3. The van der Waals surface area contributed by atoms with Crippen LogP contribution in [-0.4, -0.2) is 13.2 Å². The van der Waals surface area contributed by atoms with Gasteiger partial charge >= 0.3 is 0 Å². The lowest BCUT2D eigenvalue weighted by molar-refractivity contribution is 1.43.